The maximum absolute atomic E-state index is 11.9. The molecule has 0 spiro atoms. The molecule has 1 N–H and O–H groups in total. The predicted molar refractivity (Wildman–Crippen MR) is 72.6 cm³/mol. The number of nitro benzene ring substituents is 1. The topological polar surface area (TPSA) is 96.0 Å². The molecule has 0 fully saturated rings. The molecule has 0 heterocycles. The average molecular weight is 326 g/mol. The zero-order valence-electron chi connectivity index (χ0n) is 10.2. The molecule has 100 valence electrons. The minimum atomic E-state index is -0.587. The second kappa shape index (κ2) is 6.85. The highest BCUT2D eigenvalue weighted by molar-refractivity contribution is 9.10. The van der Waals surface area contributed by atoms with Crippen LogP contribution in [0.4, 0.5) is 5.69 Å². The Kier molecular flexibility index (Phi) is 5.45. The summed E-state index contributed by atoms with van der Waals surface area (Å²) in [5, 5.41) is 22.1. The van der Waals surface area contributed by atoms with Gasteiger partial charge < -0.3 is 5.32 Å². The van der Waals surface area contributed by atoms with Crippen molar-refractivity contribution in [1.82, 2.24) is 5.32 Å². The first-order valence-electron chi connectivity index (χ1n) is 5.63. The molecule has 6 nitrogen and oxygen atoms in total. The van der Waals surface area contributed by atoms with Crippen LogP contribution in [0.15, 0.2) is 22.7 Å². The lowest BCUT2D eigenvalue weighted by Crippen LogP contribution is -2.33. The SMILES string of the molecule is CCCC(C#N)NC(=O)c1cc(Br)cc([N+](=O)[O-])c1. The van der Waals surface area contributed by atoms with Crippen LogP contribution < -0.4 is 5.32 Å². The third-order valence-corrected chi connectivity index (χ3v) is 2.85. The molecule has 0 bridgehead atoms. The zero-order valence-corrected chi connectivity index (χ0v) is 11.8. The first-order chi connectivity index (χ1) is 8.97. The van der Waals surface area contributed by atoms with Crippen molar-refractivity contribution >= 4 is 27.5 Å². The number of rotatable bonds is 5. The molecule has 0 saturated carbocycles. The van der Waals surface area contributed by atoms with E-state index in [1.807, 2.05) is 13.0 Å². The van der Waals surface area contributed by atoms with Gasteiger partial charge in [-0.15, -0.1) is 0 Å². The van der Waals surface area contributed by atoms with Crippen molar-refractivity contribution in [2.24, 2.45) is 0 Å². The zero-order chi connectivity index (χ0) is 14.4. The quantitative estimate of drug-likeness (QED) is 0.665. The Labute approximate surface area is 118 Å². The van der Waals surface area contributed by atoms with Gasteiger partial charge in [-0.25, -0.2) is 0 Å². The lowest BCUT2D eigenvalue weighted by Gasteiger charge is -2.10. The molecular formula is C12H12BrN3O3. The minimum absolute atomic E-state index is 0.150. The minimum Gasteiger partial charge on any atom is -0.336 e. The lowest BCUT2D eigenvalue weighted by molar-refractivity contribution is -0.385. The van der Waals surface area contributed by atoms with Gasteiger partial charge >= 0.3 is 0 Å². The maximum atomic E-state index is 11.9. The smallest absolute Gasteiger partial charge is 0.271 e. The second-order valence-electron chi connectivity index (χ2n) is 3.90. The van der Waals surface area contributed by atoms with Crippen LogP contribution in [0, 0.1) is 21.4 Å². The number of amides is 1. The fourth-order valence-corrected chi connectivity index (χ4v) is 1.99. The highest BCUT2D eigenvalue weighted by Crippen LogP contribution is 2.21. The van der Waals surface area contributed by atoms with E-state index in [9.17, 15) is 14.9 Å². The summed E-state index contributed by atoms with van der Waals surface area (Å²) in [5.74, 6) is -0.496. The molecule has 0 aliphatic heterocycles. The molecule has 0 saturated heterocycles. The molecule has 19 heavy (non-hydrogen) atoms. The first kappa shape index (κ1) is 15.1. The number of carbonyl (C=O) groups is 1. The number of carbonyl (C=O) groups excluding carboxylic acids is 1. The van der Waals surface area contributed by atoms with Crippen molar-refractivity contribution < 1.29 is 9.72 Å². The fraction of sp³-hybridized carbons (Fsp3) is 0.333. The summed E-state index contributed by atoms with van der Waals surface area (Å²) < 4.78 is 0.441. The standard InChI is InChI=1S/C12H12BrN3O3/c1-2-3-10(7-14)15-12(17)8-4-9(13)6-11(5-8)16(18)19/h4-6,10H,2-3H2,1H3,(H,15,17). The summed E-state index contributed by atoms with van der Waals surface area (Å²) in [7, 11) is 0. The van der Waals surface area contributed by atoms with E-state index in [2.05, 4.69) is 21.2 Å². The van der Waals surface area contributed by atoms with Crippen LogP contribution in [-0.2, 0) is 0 Å². The van der Waals surface area contributed by atoms with E-state index in [-0.39, 0.29) is 11.3 Å². The van der Waals surface area contributed by atoms with Crippen molar-refractivity contribution in [3.63, 3.8) is 0 Å². The number of hydrogen-bond acceptors (Lipinski definition) is 4. The van der Waals surface area contributed by atoms with Crippen molar-refractivity contribution in [3.05, 3.63) is 38.3 Å². The van der Waals surface area contributed by atoms with Gasteiger partial charge in [-0.05, 0) is 12.5 Å². The molecule has 1 rings (SSSR count). The van der Waals surface area contributed by atoms with E-state index >= 15 is 0 Å². The van der Waals surface area contributed by atoms with Gasteiger partial charge in [-0.3, -0.25) is 14.9 Å². The van der Waals surface area contributed by atoms with Crippen LogP contribution >= 0.6 is 15.9 Å². The van der Waals surface area contributed by atoms with Gasteiger partial charge in [0.25, 0.3) is 11.6 Å². The van der Waals surface area contributed by atoms with Crippen molar-refractivity contribution in [1.29, 1.82) is 5.26 Å². The molecule has 1 unspecified atom stereocenters. The van der Waals surface area contributed by atoms with Crippen LogP contribution in [0.2, 0.25) is 0 Å². The van der Waals surface area contributed by atoms with Crippen LogP contribution in [0.5, 0.6) is 0 Å². The largest absolute Gasteiger partial charge is 0.336 e. The number of non-ortho nitro benzene ring substituents is 1. The average Bonchev–Trinajstić information content (AvgIpc) is 2.37. The number of nitrogens with one attached hydrogen (secondary N) is 1. The molecule has 1 aromatic rings. The Balaban J connectivity index is 2.94. The van der Waals surface area contributed by atoms with E-state index in [0.29, 0.717) is 10.9 Å². The Hall–Kier alpha value is -1.94. The van der Waals surface area contributed by atoms with E-state index in [1.54, 1.807) is 0 Å². The van der Waals surface area contributed by atoms with E-state index in [4.69, 9.17) is 5.26 Å². The van der Waals surface area contributed by atoms with Gasteiger partial charge in [-0.2, -0.15) is 5.26 Å². The van der Waals surface area contributed by atoms with Crippen molar-refractivity contribution in [2.45, 2.75) is 25.8 Å². The molecule has 1 amide bonds. The van der Waals surface area contributed by atoms with E-state index in [0.717, 1.165) is 6.42 Å². The molecule has 0 aliphatic rings. The van der Waals surface area contributed by atoms with E-state index < -0.39 is 16.9 Å². The Bertz CT molecular complexity index is 540. The number of nitrogens with zero attached hydrogens (tertiary/aromatic N) is 2. The summed E-state index contributed by atoms with van der Waals surface area (Å²) in [6.07, 6.45) is 1.30. The summed E-state index contributed by atoms with van der Waals surface area (Å²) >= 11 is 3.11. The second-order valence-corrected chi connectivity index (χ2v) is 4.81. The Morgan fingerprint density at radius 2 is 2.26 bits per heavy atom. The Morgan fingerprint density at radius 3 is 2.79 bits per heavy atom. The van der Waals surface area contributed by atoms with Gasteiger partial charge in [0, 0.05) is 22.2 Å². The monoisotopic (exact) mass is 325 g/mol. The number of halogens is 1. The summed E-state index contributed by atoms with van der Waals surface area (Å²) in [4.78, 5) is 22.0. The molecule has 0 aromatic heterocycles. The predicted octanol–water partition coefficient (Wildman–Crippen LogP) is 2.78. The Morgan fingerprint density at radius 1 is 1.58 bits per heavy atom. The maximum Gasteiger partial charge on any atom is 0.271 e. The summed E-state index contributed by atoms with van der Waals surface area (Å²) in [6, 6.07) is 5.36. The molecule has 1 atom stereocenters. The summed E-state index contributed by atoms with van der Waals surface area (Å²) in [6.45, 7) is 1.90. The van der Waals surface area contributed by atoms with Gasteiger partial charge in [-0.1, -0.05) is 29.3 Å². The van der Waals surface area contributed by atoms with Gasteiger partial charge in [0.2, 0.25) is 0 Å². The van der Waals surface area contributed by atoms with Crippen LogP contribution in [-0.4, -0.2) is 16.9 Å². The highest BCUT2D eigenvalue weighted by Gasteiger charge is 2.16. The molecule has 0 radical (unpaired) electrons. The number of nitriles is 1. The fourth-order valence-electron chi connectivity index (χ4n) is 1.51. The lowest BCUT2D eigenvalue weighted by atomic mass is 10.1. The van der Waals surface area contributed by atoms with Gasteiger partial charge in [0.1, 0.15) is 6.04 Å². The van der Waals surface area contributed by atoms with Crippen molar-refractivity contribution in [2.75, 3.05) is 0 Å². The third-order valence-electron chi connectivity index (χ3n) is 2.39. The van der Waals surface area contributed by atoms with Crippen LogP contribution in [0.1, 0.15) is 30.1 Å². The van der Waals surface area contributed by atoms with Crippen LogP contribution in [0.3, 0.4) is 0 Å². The number of benzene rings is 1. The third kappa shape index (κ3) is 4.34. The molecule has 1 aromatic carbocycles. The number of hydrogen-bond donors (Lipinski definition) is 1. The highest BCUT2D eigenvalue weighted by atomic mass is 79.9. The van der Waals surface area contributed by atoms with Crippen molar-refractivity contribution in [3.8, 4) is 6.07 Å². The molecule has 0 aliphatic carbocycles. The van der Waals surface area contributed by atoms with Gasteiger partial charge in [0.15, 0.2) is 0 Å². The van der Waals surface area contributed by atoms with Gasteiger partial charge in [0.05, 0.1) is 11.0 Å². The normalized spacial score (nSPS) is 11.4. The van der Waals surface area contributed by atoms with E-state index in [1.165, 1.54) is 18.2 Å². The van der Waals surface area contributed by atoms with Crippen LogP contribution in [0.25, 0.3) is 0 Å². The molecule has 7 heteroatoms. The molecular weight excluding hydrogens is 314 g/mol. The summed E-state index contributed by atoms with van der Waals surface area (Å²) in [5.41, 5.74) is -0.0269. The number of nitro groups is 1. The first-order valence-corrected chi connectivity index (χ1v) is 6.42.